The molecule has 0 bridgehead atoms. The molecule has 1 aromatic heterocycles. The number of carbonyl (C=O) groups is 2. The number of carbonyl (C=O) groups excluding carboxylic acids is 2. The highest BCUT2D eigenvalue weighted by Crippen LogP contribution is 2.24. The van der Waals surface area contributed by atoms with Crippen LogP contribution in [0.3, 0.4) is 0 Å². The van der Waals surface area contributed by atoms with Gasteiger partial charge in [0, 0.05) is 26.1 Å². The molecule has 4 rings (SSSR count). The summed E-state index contributed by atoms with van der Waals surface area (Å²) in [6.45, 7) is 1.77. The fourth-order valence-electron chi connectivity index (χ4n) is 4.03. The van der Waals surface area contributed by atoms with E-state index in [1.54, 1.807) is 37.4 Å². The topological polar surface area (TPSA) is 93.5 Å². The summed E-state index contributed by atoms with van der Waals surface area (Å²) in [5.74, 6) is 0.429. The second-order valence-corrected chi connectivity index (χ2v) is 9.04. The number of para-hydroxylation sites is 3. The number of fused-ring (bicyclic) bond motifs is 1. The molecule has 1 saturated heterocycles. The molecule has 1 aliphatic rings. The quantitative estimate of drug-likeness (QED) is 0.392. The van der Waals surface area contributed by atoms with Gasteiger partial charge in [0.15, 0.2) is 5.16 Å². The number of thioether (sulfide) groups is 1. The highest BCUT2D eigenvalue weighted by molar-refractivity contribution is 7.99. The Morgan fingerprint density at radius 3 is 2.59 bits per heavy atom. The number of rotatable bonds is 8. The van der Waals surface area contributed by atoms with Gasteiger partial charge in [-0.1, -0.05) is 36.0 Å². The Morgan fingerprint density at radius 2 is 1.79 bits per heavy atom. The summed E-state index contributed by atoms with van der Waals surface area (Å²) < 4.78 is 6.80. The Morgan fingerprint density at radius 1 is 1.06 bits per heavy atom. The zero-order valence-corrected chi connectivity index (χ0v) is 20.0. The van der Waals surface area contributed by atoms with Gasteiger partial charge in [-0.3, -0.25) is 19.0 Å². The smallest absolute Gasteiger partial charge is 0.262 e. The van der Waals surface area contributed by atoms with Gasteiger partial charge < -0.3 is 15.0 Å². The molecule has 178 valence electrons. The Kier molecular flexibility index (Phi) is 7.84. The standard InChI is InChI=1S/C25H28N4O4S/c1-33-21-12-6-5-11-20(21)26-22(30)17-34-25-27-19-10-4-3-9-18(19)24(32)29(25)16-13-23(31)28-14-7-2-8-15-28/h3-6,9-12H,2,7-8,13-17H2,1H3,(H,26,30). The van der Waals surface area contributed by atoms with E-state index in [1.165, 1.54) is 16.3 Å². The monoisotopic (exact) mass is 480 g/mol. The predicted molar refractivity (Wildman–Crippen MR) is 133 cm³/mol. The van der Waals surface area contributed by atoms with Gasteiger partial charge in [-0.25, -0.2) is 4.98 Å². The molecule has 9 heteroatoms. The molecule has 1 N–H and O–H groups in total. The first kappa shape index (κ1) is 23.8. The van der Waals surface area contributed by atoms with Crippen molar-refractivity contribution in [3.63, 3.8) is 0 Å². The number of benzene rings is 2. The molecule has 2 heterocycles. The summed E-state index contributed by atoms with van der Waals surface area (Å²) in [5, 5.41) is 3.75. The molecule has 0 aliphatic carbocycles. The van der Waals surface area contributed by atoms with Gasteiger partial charge in [-0.15, -0.1) is 0 Å². The van der Waals surface area contributed by atoms with E-state index >= 15 is 0 Å². The Hall–Kier alpha value is -3.33. The lowest BCUT2D eigenvalue weighted by atomic mass is 10.1. The Labute approximate surface area is 202 Å². The zero-order chi connectivity index (χ0) is 23.9. The number of methoxy groups -OCH3 is 1. The van der Waals surface area contributed by atoms with Crippen molar-refractivity contribution < 1.29 is 14.3 Å². The van der Waals surface area contributed by atoms with E-state index in [2.05, 4.69) is 10.3 Å². The molecule has 1 aliphatic heterocycles. The highest BCUT2D eigenvalue weighted by atomic mass is 32.2. The normalized spacial score (nSPS) is 13.6. The lowest BCUT2D eigenvalue weighted by molar-refractivity contribution is -0.132. The molecular weight excluding hydrogens is 452 g/mol. The Bertz CT molecular complexity index is 1240. The third-order valence-corrected chi connectivity index (χ3v) is 6.77. The number of nitrogens with one attached hydrogen (secondary N) is 1. The van der Waals surface area contributed by atoms with Crippen LogP contribution in [-0.4, -0.2) is 52.2 Å². The van der Waals surface area contributed by atoms with Gasteiger partial charge >= 0.3 is 0 Å². The van der Waals surface area contributed by atoms with Crippen molar-refractivity contribution in [3.05, 3.63) is 58.9 Å². The molecule has 0 radical (unpaired) electrons. The number of amides is 2. The van der Waals surface area contributed by atoms with Crippen LogP contribution in [0.5, 0.6) is 5.75 Å². The molecule has 0 saturated carbocycles. The number of hydrogen-bond donors (Lipinski definition) is 1. The molecule has 0 unspecified atom stereocenters. The van der Waals surface area contributed by atoms with E-state index in [0.717, 1.165) is 32.4 Å². The van der Waals surface area contributed by atoms with Crippen LogP contribution < -0.4 is 15.6 Å². The molecule has 2 amide bonds. The number of aromatic nitrogens is 2. The lowest BCUT2D eigenvalue weighted by Gasteiger charge is -2.27. The predicted octanol–water partition coefficient (Wildman–Crippen LogP) is 3.54. The molecule has 0 spiro atoms. The van der Waals surface area contributed by atoms with Crippen molar-refractivity contribution in [2.75, 3.05) is 31.3 Å². The number of piperidine rings is 1. The third-order valence-electron chi connectivity index (χ3n) is 5.80. The van der Waals surface area contributed by atoms with Crippen LogP contribution in [0, 0.1) is 0 Å². The van der Waals surface area contributed by atoms with Crippen molar-refractivity contribution >= 4 is 40.2 Å². The van der Waals surface area contributed by atoms with E-state index in [4.69, 9.17) is 4.74 Å². The van der Waals surface area contributed by atoms with Gasteiger partial charge in [-0.2, -0.15) is 0 Å². The molecule has 8 nitrogen and oxygen atoms in total. The fraction of sp³-hybridized carbons (Fsp3) is 0.360. The largest absolute Gasteiger partial charge is 0.495 e. The first-order chi connectivity index (χ1) is 16.6. The molecule has 2 aromatic carbocycles. The second kappa shape index (κ2) is 11.2. The maximum Gasteiger partial charge on any atom is 0.262 e. The second-order valence-electron chi connectivity index (χ2n) is 8.10. The highest BCUT2D eigenvalue weighted by Gasteiger charge is 2.19. The summed E-state index contributed by atoms with van der Waals surface area (Å²) in [5.41, 5.74) is 0.940. The van der Waals surface area contributed by atoms with E-state index in [1.807, 2.05) is 23.1 Å². The number of anilines is 1. The minimum Gasteiger partial charge on any atom is -0.495 e. The van der Waals surface area contributed by atoms with Crippen molar-refractivity contribution in [3.8, 4) is 5.75 Å². The van der Waals surface area contributed by atoms with Crippen LogP contribution in [0.1, 0.15) is 25.7 Å². The molecule has 34 heavy (non-hydrogen) atoms. The first-order valence-corrected chi connectivity index (χ1v) is 12.4. The number of ether oxygens (including phenoxy) is 1. The van der Waals surface area contributed by atoms with Crippen molar-refractivity contribution in [2.45, 2.75) is 37.4 Å². The molecule has 1 fully saturated rings. The maximum atomic E-state index is 13.2. The van der Waals surface area contributed by atoms with Crippen LogP contribution in [0.25, 0.3) is 10.9 Å². The van der Waals surface area contributed by atoms with Crippen LogP contribution in [0.2, 0.25) is 0 Å². The summed E-state index contributed by atoms with van der Waals surface area (Å²) in [4.78, 5) is 45.0. The number of hydrogen-bond acceptors (Lipinski definition) is 6. The first-order valence-electron chi connectivity index (χ1n) is 11.4. The van der Waals surface area contributed by atoms with E-state index < -0.39 is 0 Å². The average Bonchev–Trinajstić information content (AvgIpc) is 2.87. The van der Waals surface area contributed by atoms with Crippen LogP contribution in [0.4, 0.5) is 5.69 Å². The van der Waals surface area contributed by atoms with Gasteiger partial charge in [0.2, 0.25) is 11.8 Å². The minimum atomic E-state index is -0.243. The van der Waals surface area contributed by atoms with Gasteiger partial charge in [0.1, 0.15) is 5.75 Å². The SMILES string of the molecule is COc1ccccc1NC(=O)CSc1nc2ccccc2c(=O)n1CCC(=O)N1CCCCC1. The van der Waals surface area contributed by atoms with Crippen LogP contribution >= 0.6 is 11.8 Å². The molecule has 0 atom stereocenters. The third kappa shape index (κ3) is 5.59. The van der Waals surface area contributed by atoms with Crippen LogP contribution in [0.15, 0.2) is 58.5 Å². The van der Waals surface area contributed by atoms with Gasteiger partial charge in [0.05, 0.1) is 29.5 Å². The fourth-order valence-corrected chi connectivity index (χ4v) is 4.85. The van der Waals surface area contributed by atoms with Crippen molar-refractivity contribution in [1.29, 1.82) is 0 Å². The van der Waals surface area contributed by atoms with E-state index in [-0.39, 0.29) is 36.1 Å². The summed E-state index contributed by atoms with van der Waals surface area (Å²) in [6, 6.07) is 14.3. The molecule has 3 aromatic rings. The van der Waals surface area contributed by atoms with Crippen LogP contribution in [-0.2, 0) is 16.1 Å². The van der Waals surface area contributed by atoms with Gasteiger partial charge in [-0.05, 0) is 43.5 Å². The summed E-state index contributed by atoms with van der Waals surface area (Å²) >= 11 is 1.18. The maximum absolute atomic E-state index is 13.2. The average molecular weight is 481 g/mol. The van der Waals surface area contributed by atoms with Gasteiger partial charge in [0.25, 0.3) is 5.56 Å². The van der Waals surface area contributed by atoms with Crippen molar-refractivity contribution in [1.82, 2.24) is 14.5 Å². The van der Waals surface area contributed by atoms with Crippen molar-refractivity contribution in [2.24, 2.45) is 0 Å². The lowest BCUT2D eigenvalue weighted by Crippen LogP contribution is -2.36. The van der Waals surface area contributed by atoms with E-state index in [0.29, 0.717) is 27.5 Å². The Balaban J connectivity index is 1.51. The minimum absolute atomic E-state index is 0.0459. The number of nitrogens with zero attached hydrogens (tertiary/aromatic N) is 3. The van der Waals surface area contributed by atoms with E-state index in [9.17, 15) is 14.4 Å². The number of likely N-dealkylation sites (tertiary alicyclic amines) is 1. The summed E-state index contributed by atoms with van der Waals surface area (Å²) in [6.07, 6.45) is 3.41. The summed E-state index contributed by atoms with van der Waals surface area (Å²) in [7, 11) is 1.54. The molecular formula is C25H28N4O4S. The zero-order valence-electron chi connectivity index (χ0n) is 19.2.